The maximum Gasteiger partial charge on any atom is 0.255 e. The van der Waals surface area contributed by atoms with Crippen molar-refractivity contribution in [1.82, 2.24) is 9.21 Å². The molecule has 0 aliphatic carbocycles. The van der Waals surface area contributed by atoms with Gasteiger partial charge < -0.3 is 14.4 Å². The van der Waals surface area contributed by atoms with Crippen molar-refractivity contribution in [1.29, 1.82) is 0 Å². The van der Waals surface area contributed by atoms with Gasteiger partial charge >= 0.3 is 0 Å². The zero-order chi connectivity index (χ0) is 25.2. The van der Waals surface area contributed by atoms with Crippen molar-refractivity contribution in [3.63, 3.8) is 0 Å². The van der Waals surface area contributed by atoms with E-state index in [1.165, 1.54) is 29.6 Å². The van der Waals surface area contributed by atoms with Gasteiger partial charge in [0.25, 0.3) is 5.91 Å². The van der Waals surface area contributed by atoms with Gasteiger partial charge in [-0.2, -0.15) is 4.31 Å². The van der Waals surface area contributed by atoms with Crippen LogP contribution < -0.4 is 9.47 Å². The van der Waals surface area contributed by atoms with Crippen LogP contribution in [0.25, 0.3) is 0 Å². The summed E-state index contributed by atoms with van der Waals surface area (Å²) in [5, 5.41) is 0.206. The zero-order valence-electron chi connectivity index (χ0n) is 19.8. The van der Waals surface area contributed by atoms with Crippen LogP contribution in [0.3, 0.4) is 0 Å². The van der Waals surface area contributed by atoms with E-state index in [4.69, 9.17) is 21.1 Å². The van der Waals surface area contributed by atoms with E-state index in [1.807, 2.05) is 42.5 Å². The number of carbonyl (C=O) groups excluding carboxylic acids is 1. The molecule has 0 saturated heterocycles. The number of nitrogens with zero attached hydrogens (tertiary/aromatic N) is 2. The third-order valence-electron chi connectivity index (χ3n) is 6.13. The van der Waals surface area contributed by atoms with Crippen LogP contribution in [-0.2, 0) is 29.5 Å². The molecular weight excluding hydrogens is 488 g/mol. The summed E-state index contributed by atoms with van der Waals surface area (Å²) in [6, 6.07) is 17.4. The number of methoxy groups -OCH3 is 2. The largest absolute Gasteiger partial charge is 0.493 e. The van der Waals surface area contributed by atoms with Gasteiger partial charge in [-0.05, 0) is 53.4 Å². The molecule has 35 heavy (non-hydrogen) atoms. The fraction of sp³-hybridized carbons (Fsp3) is 0.269. The number of hydrogen-bond acceptors (Lipinski definition) is 5. The lowest BCUT2D eigenvalue weighted by Gasteiger charge is -2.30. The van der Waals surface area contributed by atoms with E-state index in [1.54, 1.807) is 19.1 Å². The monoisotopic (exact) mass is 514 g/mol. The number of benzene rings is 3. The SMILES string of the molecule is COc1cc2c(cc1OC)CN(C(=O)c1cc(S(=O)(=O)N(C)Cc3ccccc3)ccc1Cl)CC2. The van der Waals surface area contributed by atoms with Crippen molar-refractivity contribution >= 4 is 27.5 Å². The van der Waals surface area contributed by atoms with Crippen molar-refractivity contribution in [3.8, 4) is 11.5 Å². The Morgan fingerprint density at radius 3 is 2.31 bits per heavy atom. The topological polar surface area (TPSA) is 76.1 Å². The average molecular weight is 515 g/mol. The van der Waals surface area contributed by atoms with E-state index in [2.05, 4.69) is 0 Å². The van der Waals surface area contributed by atoms with Crippen LogP contribution in [0.15, 0.2) is 65.6 Å². The summed E-state index contributed by atoms with van der Waals surface area (Å²) in [5.41, 5.74) is 3.05. The Hall–Kier alpha value is -3.07. The Balaban J connectivity index is 1.59. The zero-order valence-corrected chi connectivity index (χ0v) is 21.4. The molecule has 1 aliphatic heterocycles. The smallest absolute Gasteiger partial charge is 0.255 e. The lowest BCUT2D eigenvalue weighted by atomic mass is 9.98. The minimum atomic E-state index is -3.83. The van der Waals surface area contributed by atoms with E-state index >= 15 is 0 Å². The van der Waals surface area contributed by atoms with Crippen LogP contribution in [0, 0.1) is 0 Å². The minimum absolute atomic E-state index is 0.0208. The molecule has 0 bridgehead atoms. The van der Waals surface area contributed by atoms with Crippen molar-refractivity contribution in [2.24, 2.45) is 0 Å². The Morgan fingerprint density at radius 2 is 1.66 bits per heavy atom. The van der Waals surface area contributed by atoms with E-state index in [0.717, 1.165) is 16.7 Å². The first-order valence-electron chi connectivity index (χ1n) is 11.1. The van der Waals surface area contributed by atoms with Crippen LogP contribution in [0.2, 0.25) is 5.02 Å². The summed E-state index contributed by atoms with van der Waals surface area (Å²) in [5.74, 6) is 0.915. The summed E-state index contributed by atoms with van der Waals surface area (Å²) in [7, 11) is 0.836. The number of halogens is 1. The molecule has 0 atom stereocenters. The second-order valence-electron chi connectivity index (χ2n) is 8.34. The second kappa shape index (κ2) is 10.3. The normalized spacial score (nSPS) is 13.5. The van der Waals surface area contributed by atoms with Crippen molar-refractivity contribution in [3.05, 3.63) is 87.9 Å². The summed E-state index contributed by atoms with van der Waals surface area (Å²) >= 11 is 6.36. The number of amides is 1. The molecule has 4 rings (SSSR count). The van der Waals surface area contributed by atoms with Crippen LogP contribution in [0.5, 0.6) is 11.5 Å². The maximum atomic E-state index is 13.4. The van der Waals surface area contributed by atoms with Gasteiger partial charge in [0.05, 0.1) is 29.7 Å². The number of rotatable bonds is 7. The third kappa shape index (κ3) is 5.15. The standard InChI is InChI=1S/C26H27ClN2O5S/c1-28(16-18-7-5-4-6-8-18)35(31,32)21-9-10-23(27)22(15-21)26(30)29-12-11-19-13-24(33-2)25(34-3)14-20(19)17-29/h4-10,13-15H,11-12,16-17H2,1-3H3. The molecule has 7 nitrogen and oxygen atoms in total. The number of fused-ring (bicyclic) bond motifs is 1. The van der Waals surface area contributed by atoms with Crippen molar-refractivity contribution in [2.45, 2.75) is 24.4 Å². The molecule has 0 N–H and O–H groups in total. The number of hydrogen-bond donors (Lipinski definition) is 0. The van der Waals surface area contributed by atoms with Crippen molar-refractivity contribution < 1.29 is 22.7 Å². The number of ether oxygens (including phenoxy) is 2. The molecule has 9 heteroatoms. The summed E-state index contributed by atoms with van der Waals surface area (Å²) in [6.45, 7) is 1.04. The summed E-state index contributed by atoms with van der Waals surface area (Å²) in [6.07, 6.45) is 0.636. The fourth-order valence-corrected chi connectivity index (χ4v) is 5.55. The van der Waals surface area contributed by atoms with E-state index in [0.29, 0.717) is 31.0 Å². The van der Waals surface area contributed by atoms with Gasteiger partial charge in [0.2, 0.25) is 10.0 Å². The van der Waals surface area contributed by atoms with E-state index < -0.39 is 10.0 Å². The minimum Gasteiger partial charge on any atom is -0.493 e. The summed E-state index contributed by atoms with van der Waals surface area (Å²) < 4.78 is 38.5. The van der Waals surface area contributed by atoms with Crippen molar-refractivity contribution in [2.75, 3.05) is 27.8 Å². The molecule has 184 valence electrons. The fourth-order valence-electron chi connectivity index (χ4n) is 4.16. The van der Waals surface area contributed by atoms with Gasteiger partial charge in [-0.1, -0.05) is 41.9 Å². The molecule has 1 heterocycles. The van der Waals surface area contributed by atoms with E-state index in [-0.39, 0.29) is 27.9 Å². The molecule has 3 aromatic rings. The van der Waals surface area contributed by atoms with E-state index in [9.17, 15) is 13.2 Å². The molecule has 1 aliphatic rings. The lowest BCUT2D eigenvalue weighted by molar-refractivity contribution is 0.0734. The van der Waals surface area contributed by atoms with Crippen LogP contribution in [0.1, 0.15) is 27.0 Å². The van der Waals surface area contributed by atoms with Crippen LogP contribution >= 0.6 is 11.6 Å². The van der Waals surface area contributed by atoms with Gasteiger partial charge in [0.1, 0.15) is 0 Å². The molecule has 0 spiro atoms. The number of carbonyl (C=O) groups is 1. The molecule has 0 aromatic heterocycles. The highest BCUT2D eigenvalue weighted by atomic mass is 35.5. The van der Waals surface area contributed by atoms with Crippen LogP contribution in [-0.4, -0.2) is 51.3 Å². The van der Waals surface area contributed by atoms with Gasteiger partial charge in [0, 0.05) is 26.7 Å². The first kappa shape index (κ1) is 25.0. The molecule has 0 radical (unpaired) electrons. The van der Waals surface area contributed by atoms with Crippen LogP contribution in [0.4, 0.5) is 0 Å². The molecule has 0 fully saturated rings. The Morgan fingerprint density at radius 1 is 1.00 bits per heavy atom. The Labute approximate surface area is 210 Å². The lowest BCUT2D eigenvalue weighted by Crippen LogP contribution is -2.36. The van der Waals surface area contributed by atoms with Gasteiger partial charge in [0.15, 0.2) is 11.5 Å². The maximum absolute atomic E-state index is 13.4. The highest BCUT2D eigenvalue weighted by Gasteiger charge is 2.28. The first-order valence-corrected chi connectivity index (χ1v) is 12.9. The molecule has 1 amide bonds. The molecule has 0 saturated carbocycles. The first-order chi connectivity index (χ1) is 16.7. The highest BCUT2D eigenvalue weighted by Crippen LogP contribution is 2.34. The third-order valence-corrected chi connectivity index (χ3v) is 8.26. The molecule has 0 unspecified atom stereocenters. The van der Waals surface area contributed by atoms with Gasteiger partial charge in [-0.3, -0.25) is 4.79 Å². The predicted molar refractivity (Wildman–Crippen MR) is 135 cm³/mol. The average Bonchev–Trinajstić information content (AvgIpc) is 2.87. The quantitative estimate of drug-likeness (QED) is 0.468. The summed E-state index contributed by atoms with van der Waals surface area (Å²) in [4.78, 5) is 15.1. The highest BCUT2D eigenvalue weighted by molar-refractivity contribution is 7.89. The van der Waals surface area contributed by atoms with Gasteiger partial charge in [-0.15, -0.1) is 0 Å². The number of sulfonamides is 1. The molecular formula is C26H27ClN2O5S. The predicted octanol–water partition coefficient (Wildman–Crippen LogP) is 4.38. The molecule has 3 aromatic carbocycles. The second-order valence-corrected chi connectivity index (χ2v) is 10.8. The van der Waals surface area contributed by atoms with Gasteiger partial charge in [-0.25, -0.2) is 8.42 Å². The Bertz CT molecular complexity index is 1350. The Kier molecular flexibility index (Phi) is 7.35.